The molecule has 0 saturated heterocycles. The van der Waals surface area contributed by atoms with E-state index in [1.54, 1.807) is 6.07 Å². The number of halogens is 1. The Hall–Kier alpha value is -0.620. The second kappa shape index (κ2) is 5.98. The molecular weight excluding hydrogens is 293 g/mol. The van der Waals surface area contributed by atoms with Crippen molar-refractivity contribution in [2.75, 3.05) is 13.2 Å². The van der Waals surface area contributed by atoms with Crippen LogP contribution in [0.15, 0.2) is 24.3 Å². The molecule has 0 fully saturated rings. The number of nitrogens with one attached hydrogen (secondary N) is 1. The molecule has 2 N–H and O–H groups in total. The highest BCUT2D eigenvalue weighted by Gasteiger charge is 2.07. The Balaban J connectivity index is 2.56. The quantitative estimate of drug-likeness (QED) is 0.653. The second-order valence-corrected chi connectivity index (χ2v) is 3.98. The lowest BCUT2D eigenvalue weighted by atomic mass is 10.2. The van der Waals surface area contributed by atoms with E-state index in [1.807, 2.05) is 18.2 Å². The van der Waals surface area contributed by atoms with Gasteiger partial charge in [-0.2, -0.15) is 0 Å². The van der Waals surface area contributed by atoms with Gasteiger partial charge in [-0.3, -0.25) is 4.79 Å². The summed E-state index contributed by atoms with van der Waals surface area (Å²) < 4.78 is 0.937. The fourth-order valence-corrected chi connectivity index (χ4v) is 1.65. The van der Waals surface area contributed by atoms with E-state index in [4.69, 9.17) is 5.11 Å². The minimum Gasteiger partial charge on any atom is -0.396 e. The molecule has 0 atom stereocenters. The van der Waals surface area contributed by atoms with Gasteiger partial charge in [-0.15, -0.1) is 0 Å². The van der Waals surface area contributed by atoms with Crippen LogP contribution in [0.25, 0.3) is 0 Å². The van der Waals surface area contributed by atoms with Gasteiger partial charge in [-0.1, -0.05) is 12.1 Å². The Labute approximate surface area is 96.7 Å². The SMILES string of the molecule is O=C(NCCCO)c1ccccc1I. The third kappa shape index (κ3) is 3.26. The second-order valence-electron chi connectivity index (χ2n) is 2.81. The number of benzene rings is 1. The van der Waals surface area contributed by atoms with Crippen molar-refractivity contribution in [3.8, 4) is 0 Å². The first kappa shape index (κ1) is 11.5. The van der Waals surface area contributed by atoms with Gasteiger partial charge < -0.3 is 10.4 Å². The molecule has 1 aromatic rings. The van der Waals surface area contributed by atoms with Crippen LogP contribution in [-0.2, 0) is 0 Å². The van der Waals surface area contributed by atoms with Crippen LogP contribution in [-0.4, -0.2) is 24.2 Å². The van der Waals surface area contributed by atoms with Gasteiger partial charge in [0, 0.05) is 16.7 Å². The van der Waals surface area contributed by atoms with Crippen LogP contribution in [0.2, 0.25) is 0 Å². The number of carbonyl (C=O) groups is 1. The van der Waals surface area contributed by atoms with Crippen molar-refractivity contribution in [2.24, 2.45) is 0 Å². The highest BCUT2D eigenvalue weighted by molar-refractivity contribution is 14.1. The predicted molar refractivity (Wildman–Crippen MR) is 63.2 cm³/mol. The third-order valence-electron chi connectivity index (χ3n) is 1.74. The Morgan fingerprint density at radius 1 is 1.43 bits per heavy atom. The molecule has 0 radical (unpaired) electrons. The highest BCUT2D eigenvalue weighted by Crippen LogP contribution is 2.10. The third-order valence-corrected chi connectivity index (χ3v) is 2.68. The normalized spacial score (nSPS) is 9.86. The lowest BCUT2D eigenvalue weighted by molar-refractivity contribution is 0.0950. The van der Waals surface area contributed by atoms with E-state index in [0.717, 1.165) is 3.57 Å². The number of amides is 1. The summed E-state index contributed by atoms with van der Waals surface area (Å²) in [6.07, 6.45) is 0.592. The largest absolute Gasteiger partial charge is 0.396 e. The van der Waals surface area contributed by atoms with Crippen LogP contribution in [0.1, 0.15) is 16.8 Å². The fraction of sp³-hybridized carbons (Fsp3) is 0.300. The smallest absolute Gasteiger partial charge is 0.252 e. The Kier molecular flexibility index (Phi) is 4.89. The first-order valence-electron chi connectivity index (χ1n) is 4.39. The lowest BCUT2D eigenvalue weighted by Gasteiger charge is -2.05. The molecule has 0 bridgehead atoms. The van der Waals surface area contributed by atoms with Gasteiger partial charge in [-0.05, 0) is 41.1 Å². The van der Waals surface area contributed by atoms with E-state index in [-0.39, 0.29) is 12.5 Å². The summed E-state index contributed by atoms with van der Waals surface area (Å²) in [6, 6.07) is 7.41. The van der Waals surface area contributed by atoms with E-state index in [1.165, 1.54) is 0 Å². The van der Waals surface area contributed by atoms with Gasteiger partial charge in [-0.25, -0.2) is 0 Å². The summed E-state index contributed by atoms with van der Waals surface area (Å²) >= 11 is 2.13. The first-order chi connectivity index (χ1) is 6.75. The zero-order chi connectivity index (χ0) is 10.4. The number of aliphatic hydroxyl groups excluding tert-OH is 1. The number of carbonyl (C=O) groups excluding carboxylic acids is 1. The first-order valence-corrected chi connectivity index (χ1v) is 5.47. The number of hydrogen-bond donors (Lipinski definition) is 2. The topological polar surface area (TPSA) is 49.3 Å². The standard InChI is InChI=1S/C10H12INO2/c11-9-5-2-1-4-8(9)10(14)12-6-3-7-13/h1-2,4-5,13H,3,6-7H2,(H,12,14). The summed E-state index contributed by atoms with van der Waals surface area (Å²) in [4.78, 5) is 11.5. The van der Waals surface area contributed by atoms with Crippen molar-refractivity contribution in [1.82, 2.24) is 5.32 Å². The number of aliphatic hydroxyl groups is 1. The molecule has 0 saturated carbocycles. The summed E-state index contributed by atoms with van der Waals surface area (Å²) in [5.41, 5.74) is 0.686. The van der Waals surface area contributed by atoms with Crippen molar-refractivity contribution in [3.05, 3.63) is 33.4 Å². The average molecular weight is 305 g/mol. The van der Waals surface area contributed by atoms with E-state index in [9.17, 15) is 4.79 Å². The monoisotopic (exact) mass is 305 g/mol. The van der Waals surface area contributed by atoms with Crippen LogP contribution in [0.5, 0.6) is 0 Å². The highest BCUT2D eigenvalue weighted by atomic mass is 127. The van der Waals surface area contributed by atoms with Crippen LogP contribution in [0.4, 0.5) is 0 Å². The molecule has 76 valence electrons. The van der Waals surface area contributed by atoms with Gasteiger partial charge in [0.25, 0.3) is 5.91 Å². The van der Waals surface area contributed by atoms with Crippen molar-refractivity contribution in [3.63, 3.8) is 0 Å². The zero-order valence-corrected chi connectivity index (χ0v) is 9.82. The summed E-state index contributed by atoms with van der Waals surface area (Å²) in [5.74, 6) is -0.0801. The molecule has 0 aromatic heterocycles. The average Bonchev–Trinajstić information content (AvgIpc) is 2.18. The van der Waals surface area contributed by atoms with Crippen LogP contribution in [0, 0.1) is 3.57 Å². The van der Waals surface area contributed by atoms with E-state index >= 15 is 0 Å². The van der Waals surface area contributed by atoms with Crippen LogP contribution in [0.3, 0.4) is 0 Å². The van der Waals surface area contributed by atoms with Gasteiger partial charge in [0.15, 0.2) is 0 Å². The van der Waals surface area contributed by atoms with Gasteiger partial charge >= 0.3 is 0 Å². The molecule has 1 rings (SSSR count). The van der Waals surface area contributed by atoms with Gasteiger partial charge in [0.05, 0.1) is 5.56 Å². The number of hydrogen-bond acceptors (Lipinski definition) is 2. The fourth-order valence-electron chi connectivity index (χ4n) is 1.02. The minimum absolute atomic E-state index is 0.0801. The molecule has 0 spiro atoms. The Morgan fingerprint density at radius 2 is 2.14 bits per heavy atom. The molecule has 1 amide bonds. The molecule has 4 heteroatoms. The molecule has 0 aliphatic rings. The summed E-state index contributed by atoms with van der Waals surface area (Å²) in [5, 5.41) is 11.3. The minimum atomic E-state index is -0.0801. The summed E-state index contributed by atoms with van der Waals surface area (Å²) in [7, 11) is 0. The van der Waals surface area contributed by atoms with E-state index in [0.29, 0.717) is 18.5 Å². The lowest BCUT2D eigenvalue weighted by Crippen LogP contribution is -2.25. The van der Waals surface area contributed by atoms with Gasteiger partial charge in [0.1, 0.15) is 0 Å². The van der Waals surface area contributed by atoms with Gasteiger partial charge in [0.2, 0.25) is 0 Å². The Morgan fingerprint density at radius 3 is 2.79 bits per heavy atom. The van der Waals surface area contributed by atoms with Crippen molar-refractivity contribution < 1.29 is 9.90 Å². The zero-order valence-electron chi connectivity index (χ0n) is 7.66. The number of rotatable bonds is 4. The molecule has 0 heterocycles. The molecule has 1 aromatic carbocycles. The molecule has 0 aliphatic carbocycles. The van der Waals surface area contributed by atoms with Crippen LogP contribution < -0.4 is 5.32 Å². The maximum atomic E-state index is 11.5. The maximum absolute atomic E-state index is 11.5. The molecule has 3 nitrogen and oxygen atoms in total. The van der Waals surface area contributed by atoms with E-state index < -0.39 is 0 Å². The van der Waals surface area contributed by atoms with Crippen LogP contribution >= 0.6 is 22.6 Å². The van der Waals surface area contributed by atoms with E-state index in [2.05, 4.69) is 27.9 Å². The summed E-state index contributed by atoms with van der Waals surface area (Å²) in [6.45, 7) is 0.618. The van der Waals surface area contributed by atoms with Crippen molar-refractivity contribution in [2.45, 2.75) is 6.42 Å². The van der Waals surface area contributed by atoms with Crippen molar-refractivity contribution >= 4 is 28.5 Å². The molecule has 14 heavy (non-hydrogen) atoms. The molecule has 0 unspecified atom stereocenters. The molecule has 0 aliphatic heterocycles. The Bertz CT molecular complexity index is 315. The predicted octanol–water partition coefficient (Wildman–Crippen LogP) is 1.40. The maximum Gasteiger partial charge on any atom is 0.252 e. The molecular formula is C10H12INO2. The van der Waals surface area contributed by atoms with Crippen molar-refractivity contribution in [1.29, 1.82) is 0 Å².